The van der Waals surface area contributed by atoms with Gasteiger partial charge in [-0.2, -0.15) is 0 Å². The quantitative estimate of drug-likeness (QED) is 0.375. The van der Waals surface area contributed by atoms with E-state index < -0.39 is 0 Å². The summed E-state index contributed by atoms with van der Waals surface area (Å²) in [6, 6.07) is 37.3. The van der Waals surface area contributed by atoms with Gasteiger partial charge in [0.25, 0.3) is 0 Å². The van der Waals surface area contributed by atoms with Gasteiger partial charge >= 0.3 is 6.09 Å². The van der Waals surface area contributed by atoms with E-state index in [1.165, 1.54) is 5.46 Å². The average Bonchev–Trinajstić information content (AvgIpc) is 2.88. The summed E-state index contributed by atoms with van der Waals surface area (Å²) in [4.78, 5) is 15.3. The summed E-state index contributed by atoms with van der Waals surface area (Å²) in [5.74, 6) is 0.642. The van der Waals surface area contributed by atoms with Crippen molar-refractivity contribution in [3.8, 4) is 16.9 Å². The van der Waals surface area contributed by atoms with Gasteiger partial charge in [-0.3, -0.25) is 0 Å². The second-order valence-electron chi connectivity index (χ2n) is 8.52. The van der Waals surface area contributed by atoms with Crippen LogP contribution in [0.1, 0.15) is 0 Å². The standard InChI is InChI=1S/C29H18BNO2/c32-29-31-25-14-8-7-13-23(25)30(21-11-5-2-6-12-21)24-18-16-20-15-17-22(19-9-3-1-4-10-19)28(33-29)26(20)27(24)31/h1-18H. The van der Waals surface area contributed by atoms with E-state index in [1.54, 1.807) is 4.90 Å². The molecule has 2 aliphatic heterocycles. The zero-order valence-electron chi connectivity index (χ0n) is 17.7. The van der Waals surface area contributed by atoms with E-state index in [9.17, 15) is 4.79 Å². The number of para-hydroxylation sites is 1. The van der Waals surface area contributed by atoms with Crippen LogP contribution in [-0.4, -0.2) is 12.8 Å². The molecular formula is C29H18BNO2. The van der Waals surface area contributed by atoms with E-state index in [2.05, 4.69) is 60.7 Å². The number of carbonyl (C=O) groups is 1. The Morgan fingerprint density at radius 3 is 2.18 bits per heavy atom. The monoisotopic (exact) mass is 423 g/mol. The molecule has 0 radical (unpaired) electrons. The molecular weight excluding hydrogens is 405 g/mol. The van der Waals surface area contributed by atoms with Crippen LogP contribution in [0.4, 0.5) is 16.2 Å². The second kappa shape index (κ2) is 6.85. The minimum atomic E-state index is -0.362. The minimum absolute atomic E-state index is 0.0391. The Hall–Kier alpha value is -4.31. The van der Waals surface area contributed by atoms with Crippen LogP contribution < -0.4 is 26.0 Å². The van der Waals surface area contributed by atoms with Crippen molar-refractivity contribution >= 4 is 51.3 Å². The number of fused-ring (bicyclic) bond motifs is 2. The number of hydrogen-bond donors (Lipinski definition) is 0. The van der Waals surface area contributed by atoms with Gasteiger partial charge in [0.2, 0.25) is 6.71 Å². The number of anilines is 2. The molecule has 0 spiro atoms. The molecule has 33 heavy (non-hydrogen) atoms. The van der Waals surface area contributed by atoms with Gasteiger partial charge in [-0.1, -0.05) is 103 Å². The Bertz CT molecular complexity index is 1560. The van der Waals surface area contributed by atoms with Gasteiger partial charge < -0.3 is 4.74 Å². The first kappa shape index (κ1) is 18.3. The first-order valence-corrected chi connectivity index (χ1v) is 11.1. The Kier molecular flexibility index (Phi) is 3.79. The molecule has 1 amide bonds. The SMILES string of the molecule is O=C1Oc2c(-c3ccccc3)ccc3ccc4c(c23)N1c1ccccc1B4c1ccccc1. The molecule has 154 valence electrons. The molecule has 0 aromatic heterocycles. The van der Waals surface area contributed by atoms with Crippen molar-refractivity contribution in [2.24, 2.45) is 0 Å². The van der Waals surface area contributed by atoms with Gasteiger partial charge in [0.1, 0.15) is 0 Å². The first-order valence-electron chi connectivity index (χ1n) is 11.1. The highest BCUT2D eigenvalue weighted by Crippen LogP contribution is 2.47. The van der Waals surface area contributed by atoms with E-state index in [0.717, 1.165) is 44.2 Å². The van der Waals surface area contributed by atoms with Gasteiger partial charge in [0, 0.05) is 16.6 Å². The van der Waals surface area contributed by atoms with Crippen LogP contribution in [0.5, 0.6) is 5.75 Å². The number of hydrogen-bond acceptors (Lipinski definition) is 2. The Balaban J connectivity index is 1.60. The van der Waals surface area contributed by atoms with E-state index in [1.807, 2.05) is 48.5 Å². The van der Waals surface area contributed by atoms with Gasteiger partial charge in [-0.25, -0.2) is 9.69 Å². The van der Waals surface area contributed by atoms with Crippen LogP contribution in [0.15, 0.2) is 109 Å². The molecule has 3 nitrogen and oxygen atoms in total. The lowest BCUT2D eigenvalue weighted by Gasteiger charge is -2.38. The topological polar surface area (TPSA) is 29.5 Å². The van der Waals surface area contributed by atoms with Gasteiger partial charge in [-0.05, 0) is 34.0 Å². The fourth-order valence-electron chi connectivity index (χ4n) is 5.36. The van der Waals surface area contributed by atoms with Crippen molar-refractivity contribution < 1.29 is 9.53 Å². The fourth-order valence-corrected chi connectivity index (χ4v) is 5.36. The summed E-state index contributed by atoms with van der Waals surface area (Å²) in [6.45, 7) is 0.0391. The highest BCUT2D eigenvalue weighted by atomic mass is 16.6. The molecule has 2 aliphatic rings. The molecule has 0 N–H and O–H groups in total. The highest BCUT2D eigenvalue weighted by Gasteiger charge is 2.42. The summed E-state index contributed by atoms with van der Waals surface area (Å²) >= 11 is 0. The predicted molar refractivity (Wildman–Crippen MR) is 135 cm³/mol. The third-order valence-corrected chi connectivity index (χ3v) is 6.76. The smallest absolute Gasteiger partial charge is 0.408 e. The molecule has 0 aliphatic carbocycles. The van der Waals surface area contributed by atoms with Crippen LogP contribution in [0.2, 0.25) is 0 Å². The number of benzene rings is 5. The Morgan fingerprint density at radius 2 is 1.36 bits per heavy atom. The van der Waals surface area contributed by atoms with Crippen molar-refractivity contribution in [1.82, 2.24) is 0 Å². The summed E-state index contributed by atoms with van der Waals surface area (Å²) in [7, 11) is 0. The maximum Gasteiger partial charge on any atom is 0.424 e. The average molecular weight is 423 g/mol. The van der Waals surface area contributed by atoms with Crippen LogP contribution in [0, 0.1) is 0 Å². The maximum atomic E-state index is 13.5. The van der Waals surface area contributed by atoms with Crippen molar-refractivity contribution in [3.05, 3.63) is 109 Å². The molecule has 2 heterocycles. The van der Waals surface area contributed by atoms with E-state index in [4.69, 9.17) is 4.74 Å². The van der Waals surface area contributed by atoms with Crippen LogP contribution in [0.3, 0.4) is 0 Å². The molecule has 0 fully saturated rings. The van der Waals surface area contributed by atoms with E-state index in [0.29, 0.717) is 5.75 Å². The molecule has 0 bridgehead atoms. The third-order valence-electron chi connectivity index (χ3n) is 6.76. The molecule has 0 saturated heterocycles. The molecule has 4 heteroatoms. The maximum absolute atomic E-state index is 13.5. The Labute approximate surface area is 191 Å². The Morgan fingerprint density at radius 1 is 0.667 bits per heavy atom. The summed E-state index contributed by atoms with van der Waals surface area (Å²) < 4.78 is 6.07. The highest BCUT2D eigenvalue weighted by molar-refractivity contribution is 6.98. The van der Waals surface area contributed by atoms with Crippen molar-refractivity contribution in [2.45, 2.75) is 0 Å². The molecule has 0 saturated carbocycles. The second-order valence-corrected chi connectivity index (χ2v) is 8.52. The molecule has 5 aromatic rings. The summed E-state index contributed by atoms with van der Waals surface area (Å²) in [6.07, 6.45) is -0.362. The molecule has 0 atom stereocenters. The van der Waals surface area contributed by atoms with Crippen molar-refractivity contribution in [1.29, 1.82) is 0 Å². The fraction of sp³-hybridized carbons (Fsp3) is 0. The van der Waals surface area contributed by atoms with Crippen LogP contribution in [0.25, 0.3) is 21.9 Å². The van der Waals surface area contributed by atoms with E-state index >= 15 is 0 Å². The van der Waals surface area contributed by atoms with E-state index in [-0.39, 0.29) is 12.8 Å². The normalized spacial score (nSPS) is 13.6. The zero-order chi connectivity index (χ0) is 21.9. The van der Waals surface area contributed by atoms with Crippen molar-refractivity contribution in [2.75, 3.05) is 4.90 Å². The van der Waals surface area contributed by atoms with Crippen molar-refractivity contribution in [3.63, 3.8) is 0 Å². The van der Waals surface area contributed by atoms with Gasteiger partial charge in [0.05, 0.1) is 5.69 Å². The minimum Gasteiger partial charge on any atom is -0.408 e. The number of carbonyl (C=O) groups excluding carboxylic acids is 1. The van der Waals surface area contributed by atoms with Crippen LogP contribution >= 0.6 is 0 Å². The number of nitrogens with zero attached hydrogens (tertiary/aromatic N) is 1. The molecule has 5 aromatic carbocycles. The summed E-state index contributed by atoms with van der Waals surface area (Å²) in [5, 5.41) is 2.05. The van der Waals surface area contributed by atoms with Crippen LogP contribution in [-0.2, 0) is 0 Å². The summed E-state index contributed by atoms with van der Waals surface area (Å²) in [5.41, 5.74) is 7.21. The molecule has 0 unspecified atom stereocenters. The number of ether oxygens (including phenoxy) is 1. The lowest BCUT2D eigenvalue weighted by atomic mass is 9.35. The first-order chi connectivity index (χ1) is 16.3. The largest absolute Gasteiger partial charge is 0.424 e. The zero-order valence-corrected chi connectivity index (χ0v) is 17.7. The third kappa shape index (κ3) is 2.55. The van der Waals surface area contributed by atoms with Gasteiger partial charge in [0.15, 0.2) is 5.75 Å². The van der Waals surface area contributed by atoms with Gasteiger partial charge in [-0.15, -0.1) is 0 Å². The number of amides is 1. The predicted octanol–water partition coefficient (Wildman–Crippen LogP) is 4.99. The number of rotatable bonds is 2. The molecule has 7 rings (SSSR count). The lowest BCUT2D eigenvalue weighted by Crippen LogP contribution is -2.59. The lowest BCUT2D eigenvalue weighted by molar-refractivity contribution is 0.210.